The Morgan fingerprint density at radius 2 is 1.47 bits per heavy atom. The second-order valence-corrected chi connectivity index (χ2v) is 11.7. The summed E-state index contributed by atoms with van der Waals surface area (Å²) >= 11 is 12.4. The van der Waals surface area contributed by atoms with Gasteiger partial charge in [0.25, 0.3) is 0 Å². The van der Waals surface area contributed by atoms with Crippen molar-refractivity contribution in [1.29, 1.82) is 0 Å². The molecule has 1 saturated heterocycles. The molecule has 0 amide bonds. The van der Waals surface area contributed by atoms with Gasteiger partial charge < -0.3 is 10.2 Å². The van der Waals surface area contributed by atoms with Gasteiger partial charge in [0.1, 0.15) is 11.6 Å². The molecule has 0 saturated carbocycles. The molecule has 0 unspecified atom stereocenters. The minimum Gasteiger partial charge on any atom is -0.369 e. The number of allylic oxidation sites excluding steroid dienone is 2. The molecule has 0 bridgehead atoms. The van der Waals surface area contributed by atoms with Gasteiger partial charge in [-0.2, -0.15) is 0 Å². The molecular formula is C35H46Cl2N6. The fourth-order valence-electron chi connectivity index (χ4n) is 5.47. The van der Waals surface area contributed by atoms with E-state index in [0.717, 1.165) is 98.1 Å². The molecule has 8 heteroatoms. The zero-order chi connectivity index (χ0) is 30.6. The Morgan fingerprint density at radius 3 is 2.07 bits per heavy atom. The first-order valence-electron chi connectivity index (χ1n) is 15.6. The lowest BCUT2D eigenvalue weighted by atomic mass is 9.96. The molecule has 2 aliphatic rings. The van der Waals surface area contributed by atoms with Gasteiger partial charge in [0.2, 0.25) is 0 Å². The fraction of sp³-hybridized carbons (Fsp3) is 0.429. The van der Waals surface area contributed by atoms with Gasteiger partial charge in [-0.1, -0.05) is 86.5 Å². The van der Waals surface area contributed by atoms with Crippen LogP contribution in [0.2, 0.25) is 10.0 Å². The van der Waals surface area contributed by atoms with Gasteiger partial charge in [0, 0.05) is 48.3 Å². The maximum Gasteiger partial charge on any atom is 0.145 e. The molecular weight excluding hydrogens is 575 g/mol. The highest BCUT2D eigenvalue weighted by atomic mass is 35.5. The quantitative estimate of drug-likeness (QED) is 0.220. The highest BCUT2D eigenvalue weighted by molar-refractivity contribution is 6.30. The van der Waals surface area contributed by atoms with Crippen LogP contribution in [0.5, 0.6) is 0 Å². The zero-order valence-corrected chi connectivity index (χ0v) is 27.6. The van der Waals surface area contributed by atoms with Crippen molar-refractivity contribution in [2.45, 2.75) is 46.2 Å². The molecule has 1 aliphatic heterocycles. The summed E-state index contributed by atoms with van der Waals surface area (Å²) in [4.78, 5) is 17.4. The summed E-state index contributed by atoms with van der Waals surface area (Å²) in [6, 6.07) is 16.6. The minimum absolute atomic E-state index is 0.148. The van der Waals surface area contributed by atoms with Crippen molar-refractivity contribution in [2.24, 2.45) is 0 Å². The Bertz CT molecular complexity index is 1290. The smallest absolute Gasteiger partial charge is 0.145 e. The molecule has 2 heterocycles. The molecule has 230 valence electrons. The van der Waals surface area contributed by atoms with Gasteiger partial charge in [-0.15, -0.1) is 0 Å². The molecule has 6 nitrogen and oxygen atoms in total. The van der Waals surface area contributed by atoms with Crippen LogP contribution in [0.25, 0.3) is 12.2 Å². The molecule has 1 aromatic heterocycles. The topological polar surface area (TPSA) is 47.5 Å². The fourth-order valence-corrected chi connectivity index (χ4v) is 5.73. The third-order valence-corrected chi connectivity index (χ3v) is 8.42. The number of nitrogens with one attached hydrogen (secondary N) is 1. The van der Waals surface area contributed by atoms with Gasteiger partial charge in [0.05, 0.1) is 18.3 Å². The van der Waals surface area contributed by atoms with Crippen LogP contribution in [0.4, 0.5) is 5.82 Å². The van der Waals surface area contributed by atoms with Crippen LogP contribution < -0.4 is 5.32 Å². The van der Waals surface area contributed by atoms with Gasteiger partial charge >= 0.3 is 0 Å². The third kappa shape index (κ3) is 9.37. The number of rotatable bonds is 11. The van der Waals surface area contributed by atoms with E-state index in [9.17, 15) is 0 Å². The third-order valence-electron chi connectivity index (χ3n) is 7.91. The normalized spacial score (nSPS) is 15.3. The maximum atomic E-state index is 6.22. The van der Waals surface area contributed by atoms with Gasteiger partial charge in [-0.05, 0) is 74.4 Å². The lowest BCUT2D eigenvalue weighted by Gasteiger charge is -2.39. The molecule has 3 aromatic rings. The van der Waals surface area contributed by atoms with E-state index in [-0.39, 0.29) is 6.04 Å². The second kappa shape index (κ2) is 16.9. The van der Waals surface area contributed by atoms with E-state index in [1.807, 2.05) is 38.1 Å². The molecule has 0 atom stereocenters. The average Bonchev–Trinajstić information content (AvgIpc) is 3.28. The van der Waals surface area contributed by atoms with Gasteiger partial charge in [-0.3, -0.25) is 9.80 Å². The molecule has 0 spiro atoms. The summed E-state index contributed by atoms with van der Waals surface area (Å²) in [6.07, 6.45) is 10.6. The molecule has 0 radical (unpaired) electrons. The number of piperazine rings is 1. The molecule has 43 heavy (non-hydrogen) atoms. The summed E-state index contributed by atoms with van der Waals surface area (Å²) in [5.74, 6) is 1.81. The minimum atomic E-state index is 0.148. The summed E-state index contributed by atoms with van der Waals surface area (Å²) in [5, 5.41) is 5.12. The zero-order valence-electron chi connectivity index (χ0n) is 26.1. The van der Waals surface area contributed by atoms with E-state index in [4.69, 9.17) is 33.2 Å². The lowest BCUT2D eigenvalue weighted by molar-refractivity contribution is 0.103. The molecule has 1 aliphatic carbocycles. The van der Waals surface area contributed by atoms with Crippen LogP contribution in [0.1, 0.15) is 67.9 Å². The summed E-state index contributed by atoms with van der Waals surface area (Å²) in [5.41, 5.74) is 4.56. The second-order valence-electron chi connectivity index (χ2n) is 10.8. The summed E-state index contributed by atoms with van der Waals surface area (Å²) in [6.45, 7) is 13.7. The van der Waals surface area contributed by atoms with Crippen LogP contribution in [0.15, 0.2) is 60.7 Å². The monoisotopic (exact) mass is 620 g/mol. The first kappa shape index (κ1) is 33.2. The molecule has 5 rings (SSSR count). The Kier molecular flexibility index (Phi) is 13.1. The summed E-state index contributed by atoms with van der Waals surface area (Å²) < 4.78 is 0. The number of nitrogens with zero attached hydrogens (tertiary/aromatic N) is 5. The Hall–Kier alpha value is -2.74. The van der Waals surface area contributed by atoms with E-state index in [1.165, 1.54) is 11.1 Å². The first-order valence-corrected chi connectivity index (χ1v) is 16.4. The number of anilines is 1. The van der Waals surface area contributed by atoms with Crippen LogP contribution in [-0.4, -0.2) is 77.5 Å². The van der Waals surface area contributed by atoms with E-state index in [0.29, 0.717) is 0 Å². The predicted molar refractivity (Wildman–Crippen MR) is 184 cm³/mol. The van der Waals surface area contributed by atoms with E-state index < -0.39 is 0 Å². The van der Waals surface area contributed by atoms with Crippen molar-refractivity contribution in [1.82, 2.24) is 24.7 Å². The summed E-state index contributed by atoms with van der Waals surface area (Å²) in [7, 11) is 2.16. The van der Waals surface area contributed by atoms with Crippen molar-refractivity contribution in [3.8, 4) is 0 Å². The standard InChI is InChI=1S/C33H40Cl2N6.C2H6/c1-3-39(2)19-7-18-36-33-29-8-5-4-6-9-30(29)37-31(38-33)24-40-20-22-41(23-21-40)32(25-10-14-27(34)15-11-25)26-12-16-28(35)17-13-26;1-2/h5-6,8-17,32H,3-4,7,18-24H2,1-2H3,(H,36,37,38);1-2H3. The number of halogens is 2. The number of aromatic nitrogens is 2. The SMILES string of the molecule is CC.CCN(C)CCCNc1nc(CN2CCN(C(c3ccc(Cl)cc3)c3ccc(Cl)cc3)CC2)nc2c1C=CCC=C2. The van der Waals surface area contributed by atoms with Crippen LogP contribution in [0.3, 0.4) is 0 Å². The largest absolute Gasteiger partial charge is 0.369 e. The Balaban J connectivity index is 0.00000207. The highest BCUT2D eigenvalue weighted by Crippen LogP contribution is 2.31. The number of hydrogen-bond acceptors (Lipinski definition) is 6. The first-order chi connectivity index (χ1) is 21.0. The number of hydrogen-bond donors (Lipinski definition) is 1. The molecule has 2 aromatic carbocycles. The van der Waals surface area contributed by atoms with Gasteiger partial charge in [-0.25, -0.2) is 9.97 Å². The maximum absolute atomic E-state index is 6.22. The van der Waals surface area contributed by atoms with E-state index >= 15 is 0 Å². The Morgan fingerprint density at radius 1 is 0.860 bits per heavy atom. The lowest BCUT2D eigenvalue weighted by Crippen LogP contribution is -2.47. The van der Waals surface area contributed by atoms with Gasteiger partial charge in [0.15, 0.2) is 0 Å². The van der Waals surface area contributed by atoms with E-state index in [2.05, 4.69) is 82.6 Å². The predicted octanol–water partition coefficient (Wildman–Crippen LogP) is 7.90. The molecule has 1 fully saturated rings. The highest BCUT2D eigenvalue weighted by Gasteiger charge is 2.27. The van der Waals surface area contributed by atoms with Crippen molar-refractivity contribution in [2.75, 3.05) is 58.2 Å². The van der Waals surface area contributed by atoms with Crippen molar-refractivity contribution in [3.63, 3.8) is 0 Å². The van der Waals surface area contributed by atoms with E-state index in [1.54, 1.807) is 0 Å². The van der Waals surface area contributed by atoms with Crippen molar-refractivity contribution >= 4 is 41.2 Å². The van der Waals surface area contributed by atoms with Crippen molar-refractivity contribution < 1.29 is 0 Å². The average molecular weight is 622 g/mol. The van der Waals surface area contributed by atoms with Crippen LogP contribution >= 0.6 is 23.2 Å². The van der Waals surface area contributed by atoms with Crippen LogP contribution in [0, 0.1) is 0 Å². The van der Waals surface area contributed by atoms with Crippen LogP contribution in [-0.2, 0) is 6.54 Å². The molecule has 1 N–H and O–H groups in total. The van der Waals surface area contributed by atoms with Crippen molar-refractivity contribution in [3.05, 3.63) is 98.9 Å². The Labute approximate surface area is 268 Å². The number of fused-ring (bicyclic) bond motifs is 1. The number of benzene rings is 2.